The Bertz CT molecular complexity index is 588. The second-order valence-electron chi connectivity index (χ2n) is 6.33. The maximum absolute atomic E-state index is 12.8. The first-order valence-electron chi connectivity index (χ1n) is 8.20. The standard InChI is InChI=1S/C17H21ClN2O3/c18-12-4-6-14(7-5-12)20-16(22)11-15(17(20)23)19-9-2-1-3-13(19)8-10-21/h4-7,13,15,21H,1-3,8-11H2/p+1/t13-,15-/m0/s1. The van der Waals surface area contributed by atoms with Gasteiger partial charge in [0.1, 0.15) is 0 Å². The van der Waals surface area contributed by atoms with Gasteiger partial charge in [-0.05, 0) is 43.5 Å². The molecule has 5 nitrogen and oxygen atoms in total. The van der Waals surface area contributed by atoms with Gasteiger partial charge in [-0.3, -0.25) is 9.59 Å². The van der Waals surface area contributed by atoms with Crippen molar-refractivity contribution in [1.29, 1.82) is 0 Å². The largest absolute Gasteiger partial charge is 0.396 e. The van der Waals surface area contributed by atoms with Gasteiger partial charge in [0.2, 0.25) is 5.91 Å². The Morgan fingerprint density at radius 2 is 1.96 bits per heavy atom. The monoisotopic (exact) mass is 337 g/mol. The second-order valence-corrected chi connectivity index (χ2v) is 6.77. The first-order chi connectivity index (χ1) is 11.1. The van der Waals surface area contributed by atoms with Crippen molar-refractivity contribution in [2.45, 2.75) is 44.2 Å². The molecule has 124 valence electrons. The highest BCUT2D eigenvalue weighted by molar-refractivity contribution is 6.30. The van der Waals surface area contributed by atoms with Gasteiger partial charge < -0.3 is 10.0 Å². The van der Waals surface area contributed by atoms with Crippen molar-refractivity contribution in [3.8, 4) is 0 Å². The van der Waals surface area contributed by atoms with Crippen molar-refractivity contribution in [2.24, 2.45) is 0 Å². The molecule has 0 aromatic heterocycles. The molecule has 0 radical (unpaired) electrons. The molecule has 2 aliphatic heterocycles. The summed E-state index contributed by atoms with van der Waals surface area (Å²) in [5.74, 6) is -0.277. The quantitative estimate of drug-likeness (QED) is 0.799. The van der Waals surface area contributed by atoms with Gasteiger partial charge in [-0.25, -0.2) is 4.90 Å². The number of nitrogens with zero attached hydrogens (tertiary/aromatic N) is 1. The predicted octanol–water partition coefficient (Wildman–Crippen LogP) is 0.792. The molecule has 3 rings (SSSR count). The summed E-state index contributed by atoms with van der Waals surface area (Å²) in [5.41, 5.74) is 0.585. The summed E-state index contributed by atoms with van der Waals surface area (Å²) in [7, 11) is 0. The lowest BCUT2D eigenvalue weighted by Crippen LogP contribution is -3.20. The molecule has 23 heavy (non-hydrogen) atoms. The minimum atomic E-state index is -0.324. The van der Waals surface area contributed by atoms with E-state index in [1.165, 1.54) is 9.80 Å². The summed E-state index contributed by atoms with van der Waals surface area (Å²) in [6.45, 7) is 1.02. The number of hydrogen-bond donors (Lipinski definition) is 2. The average Bonchev–Trinajstić information content (AvgIpc) is 2.84. The molecular weight excluding hydrogens is 316 g/mol. The number of nitrogens with one attached hydrogen (secondary N) is 1. The fraction of sp³-hybridized carbons (Fsp3) is 0.529. The van der Waals surface area contributed by atoms with Crippen LogP contribution in [0.25, 0.3) is 0 Å². The minimum Gasteiger partial charge on any atom is -0.396 e. The molecule has 3 atom stereocenters. The van der Waals surface area contributed by atoms with Gasteiger partial charge in [0.15, 0.2) is 6.04 Å². The van der Waals surface area contributed by atoms with Gasteiger partial charge in [0.25, 0.3) is 5.91 Å². The van der Waals surface area contributed by atoms with E-state index in [9.17, 15) is 14.7 Å². The van der Waals surface area contributed by atoms with E-state index in [-0.39, 0.29) is 36.9 Å². The fourth-order valence-electron chi connectivity index (χ4n) is 3.84. The topological polar surface area (TPSA) is 62.1 Å². The number of likely N-dealkylation sites (tertiary alicyclic amines) is 1. The molecule has 2 N–H and O–H groups in total. The zero-order valence-electron chi connectivity index (χ0n) is 13.0. The van der Waals surface area contributed by atoms with E-state index in [1.807, 2.05) is 0 Å². The number of rotatable bonds is 4. The van der Waals surface area contributed by atoms with Crippen LogP contribution in [-0.2, 0) is 9.59 Å². The van der Waals surface area contributed by atoms with Crippen LogP contribution in [0.5, 0.6) is 0 Å². The molecule has 2 heterocycles. The van der Waals surface area contributed by atoms with Gasteiger partial charge >= 0.3 is 0 Å². The highest BCUT2D eigenvalue weighted by Gasteiger charge is 2.48. The number of aliphatic hydroxyl groups is 1. The van der Waals surface area contributed by atoms with Crippen LogP contribution in [0.1, 0.15) is 32.1 Å². The number of benzene rings is 1. The number of carbonyl (C=O) groups excluding carboxylic acids is 2. The number of quaternary nitrogens is 1. The molecule has 0 bridgehead atoms. The molecule has 2 fully saturated rings. The molecule has 0 spiro atoms. The second kappa shape index (κ2) is 6.99. The third-order valence-corrected chi connectivity index (χ3v) is 5.20. The molecule has 2 aliphatic rings. The van der Waals surface area contributed by atoms with Gasteiger partial charge in [0.05, 0.1) is 24.7 Å². The molecule has 6 heteroatoms. The lowest BCUT2D eigenvalue weighted by molar-refractivity contribution is -0.945. The Hall–Kier alpha value is -1.43. The van der Waals surface area contributed by atoms with Crippen LogP contribution in [0.3, 0.4) is 0 Å². The SMILES string of the molecule is O=C1C[C@H]([NH+]2CCCC[C@H]2CCO)C(=O)N1c1ccc(Cl)cc1. The van der Waals surface area contributed by atoms with Crippen LogP contribution in [0.4, 0.5) is 5.69 Å². The molecule has 1 unspecified atom stereocenters. The summed E-state index contributed by atoms with van der Waals surface area (Å²) < 4.78 is 0. The first-order valence-corrected chi connectivity index (χ1v) is 8.58. The zero-order chi connectivity index (χ0) is 16.4. The summed E-state index contributed by atoms with van der Waals surface area (Å²) in [6, 6.07) is 6.73. The molecular formula is C17H22ClN2O3+. The number of carbonyl (C=O) groups is 2. The Labute approximate surface area is 140 Å². The fourth-order valence-corrected chi connectivity index (χ4v) is 3.96. The number of halogens is 1. The van der Waals surface area contributed by atoms with Crippen LogP contribution in [0, 0.1) is 0 Å². The van der Waals surface area contributed by atoms with Crippen LogP contribution in [0.2, 0.25) is 5.02 Å². The summed E-state index contributed by atoms with van der Waals surface area (Å²) in [6.07, 6.45) is 4.14. The third kappa shape index (κ3) is 3.27. The number of piperidine rings is 1. The van der Waals surface area contributed by atoms with Crippen LogP contribution in [0.15, 0.2) is 24.3 Å². The predicted molar refractivity (Wildman–Crippen MR) is 87.5 cm³/mol. The van der Waals surface area contributed by atoms with Crippen LogP contribution in [-0.4, -0.2) is 42.2 Å². The molecule has 2 amide bonds. The summed E-state index contributed by atoms with van der Waals surface area (Å²) >= 11 is 5.88. The summed E-state index contributed by atoms with van der Waals surface area (Å²) in [5, 5.41) is 9.84. The average molecular weight is 338 g/mol. The van der Waals surface area contributed by atoms with Gasteiger partial charge in [0, 0.05) is 18.1 Å². The lowest BCUT2D eigenvalue weighted by Gasteiger charge is -2.35. The third-order valence-electron chi connectivity index (χ3n) is 4.95. The van der Waals surface area contributed by atoms with E-state index in [0.717, 1.165) is 25.8 Å². The highest BCUT2D eigenvalue weighted by atomic mass is 35.5. The van der Waals surface area contributed by atoms with E-state index in [2.05, 4.69) is 0 Å². The van der Waals surface area contributed by atoms with Crippen molar-refractivity contribution in [2.75, 3.05) is 18.1 Å². The Balaban J connectivity index is 1.81. The maximum Gasteiger partial charge on any atom is 0.292 e. The number of hydrogen-bond acceptors (Lipinski definition) is 3. The molecule has 1 aromatic rings. The minimum absolute atomic E-state index is 0.128. The van der Waals surface area contributed by atoms with Gasteiger partial charge in [-0.1, -0.05) is 11.6 Å². The smallest absolute Gasteiger partial charge is 0.292 e. The number of imide groups is 1. The number of anilines is 1. The normalized spacial score (nSPS) is 28.4. The molecule has 2 saturated heterocycles. The van der Waals surface area contributed by atoms with Crippen LogP contribution >= 0.6 is 11.6 Å². The van der Waals surface area contributed by atoms with Gasteiger partial charge in [-0.15, -0.1) is 0 Å². The van der Waals surface area contributed by atoms with Crippen molar-refractivity contribution in [3.05, 3.63) is 29.3 Å². The Morgan fingerprint density at radius 1 is 1.22 bits per heavy atom. The molecule has 1 aromatic carbocycles. The molecule has 0 saturated carbocycles. The van der Waals surface area contributed by atoms with E-state index in [1.54, 1.807) is 24.3 Å². The maximum atomic E-state index is 12.8. The van der Waals surface area contributed by atoms with Crippen LogP contribution < -0.4 is 9.80 Å². The molecule has 0 aliphatic carbocycles. The summed E-state index contributed by atoms with van der Waals surface area (Å²) in [4.78, 5) is 27.7. The van der Waals surface area contributed by atoms with Crippen molar-refractivity contribution < 1.29 is 19.6 Å². The van der Waals surface area contributed by atoms with E-state index < -0.39 is 0 Å². The number of aliphatic hydroxyl groups excluding tert-OH is 1. The first kappa shape index (κ1) is 16.4. The zero-order valence-corrected chi connectivity index (χ0v) is 13.8. The van der Waals surface area contributed by atoms with E-state index in [0.29, 0.717) is 17.1 Å². The van der Waals surface area contributed by atoms with Crippen molar-refractivity contribution >= 4 is 29.1 Å². The van der Waals surface area contributed by atoms with Crippen molar-refractivity contribution in [1.82, 2.24) is 0 Å². The Kier molecular flexibility index (Phi) is 4.99. The van der Waals surface area contributed by atoms with E-state index in [4.69, 9.17) is 11.6 Å². The lowest BCUT2D eigenvalue weighted by atomic mass is 9.97. The van der Waals surface area contributed by atoms with Gasteiger partial charge in [-0.2, -0.15) is 0 Å². The number of amides is 2. The Morgan fingerprint density at radius 3 is 2.65 bits per heavy atom. The van der Waals surface area contributed by atoms with Crippen molar-refractivity contribution in [3.63, 3.8) is 0 Å². The highest BCUT2D eigenvalue weighted by Crippen LogP contribution is 2.24. The van der Waals surface area contributed by atoms with E-state index >= 15 is 0 Å².